The second-order valence-corrected chi connectivity index (χ2v) is 7.41. The first kappa shape index (κ1) is 12.2. The summed E-state index contributed by atoms with van der Waals surface area (Å²) in [5.41, 5.74) is 4.32. The molecular weight excluding hydrogens is 221 g/mol. The molecular formula is C8H17NO3PS+. The zero-order valence-electron chi connectivity index (χ0n) is 7.96. The van der Waals surface area contributed by atoms with Crippen LogP contribution in [0.2, 0.25) is 0 Å². The van der Waals surface area contributed by atoms with Crippen molar-refractivity contribution in [3.8, 4) is 0 Å². The number of amides is 1. The molecule has 0 radical (unpaired) electrons. The van der Waals surface area contributed by atoms with Gasteiger partial charge in [-0.15, -0.1) is 0 Å². The lowest BCUT2D eigenvalue weighted by atomic mass is 9.86. The Balaban J connectivity index is 2.71. The fraction of sp³-hybridized carbons (Fsp3) is 0.875. The quantitative estimate of drug-likeness (QED) is 0.439. The highest BCUT2D eigenvalue weighted by molar-refractivity contribution is 8.49. The molecule has 0 aromatic heterocycles. The van der Waals surface area contributed by atoms with Gasteiger partial charge < -0.3 is 5.73 Å². The van der Waals surface area contributed by atoms with E-state index in [4.69, 9.17) is 5.73 Å². The van der Waals surface area contributed by atoms with Crippen LogP contribution in [0.15, 0.2) is 0 Å². The Morgan fingerprint density at radius 1 is 1.36 bits per heavy atom. The van der Waals surface area contributed by atoms with E-state index in [-0.39, 0.29) is 5.92 Å². The summed E-state index contributed by atoms with van der Waals surface area (Å²) in [6.45, 7) is -3.43. The lowest BCUT2D eigenvalue weighted by Gasteiger charge is -2.27. The van der Waals surface area contributed by atoms with Crippen LogP contribution in [0.25, 0.3) is 0 Å². The zero-order valence-corrected chi connectivity index (χ0v) is 9.75. The molecule has 0 saturated heterocycles. The van der Waals surface area contributed by atoms with Crippen molar-refractivity contribution in [3.63, 3.8) is 0 Å². The first-order valence-electron chi connectivity index (χ1n) is 4.79. The SMILES string of the molecule is NC(=O)C(C1CCCCC1)[P+](O)(O)S. The molecule has 1 amide bonds. The second kappa shape index (κ2) is 4.79. The van der Waals surface area contributed by atoms with Gasteiger partial charge in [0.25, 0.3) is 5.91 Å². The summed E-state index contributed by atoms with van der Waals surface area (Å²) in [6, 6.07) is 0. The lowest BCUT2D eigenvalue weighted by molar-refractivity contribution is -0.118. The fourth-order valence-corrected chi connectivity index (χ4v) is 4.25. The molecule has 6 heteroatoms. The number of hydrogen-bond donors (Lipinski definition) is 4. The molecule has 1 unspecified atom stereocenters. The van der Waals surface area contributed by atoms with Gasteiger partial charge in [-0.05, 0) is 12.8 Å². The summed E-state index contributed by atoms with van der Waals surface area (Å²) >= 11 is 3.72. The molecule has 4 N–H and O–H groups in total. The van der Waals surface area contributed by atoms with E-state index < -0.39 is 18.5 Å². The van der Waals surface area contributed by atoms with Crippen molar-refractivity contribution in [1.29, 1.82) is 0 Å². The molecule has 0 bridgehead atoms. The summed E-state index contributed by atoms with van der Waals surface area (Å²) in [4.78, 5) is 30.0. The topological polar surface area (TPSA) is 83.6 Å². The summed E-state index contributed by atoms with van der Waals surface area (Å²) in [5.74, 6) is -0.632. The highest BCUT2D eigenvalue weighted by Crippen LogP contribution is 2.63. The minimum absolute atomic E-state index is 0.00193. The van der Waals surface area contributed by atoms with Crippen LogP contribution < -0.4 is 5.73 Å². The fourth-order valence-electron chi connectivity index (χ4n) is 2.14. The van der Waals surface area contributed by atoms with Crippen molar-refractivity contribution in [1.82, 2.24) is 0 Å². The Bertz CT molecular complexity index is 213. The number of rotatable bonds is 3. The van der Waals surface area contributed by atoms with E-state index in [1.165, 1.54) is 0 Å². The number of nitrogens with two attached hydrogens (primary N) is 1. The molecule has 14 heavy (non-hydrogen) atoms. The maximum atomic E-state index is 11.1. The van der Waals surface area contributed by atoms with E-state index in [0.717, 1.165) is 32.1 Å². The molecule has 1 atom stereocenters. The molecule has 4 nitrogen and oxygen atoms in total. The van der Waals surface area contributed by atoms with Gasteiger partial charge in [-0.1, -0.05) is 19.3 Å². The number of carbonyl (C=O) groups is 1. The number of carbonyl (C=O) groups excluding carboxylic acids is 1. The van der Waals surface area contributed by atoms with Gasteiger partial charge in [0, 0.05) is 5.92 Å². The Hall–Kier alpha value is 0.170. The van der Waals surface area contributed by atoms with Crippen LogP contribution >= 0.6 is 19.2 Å². The van der Waals surface area contributed by atoms with Crippen molar-refractivity contribution < 1.29 is 14.6 Å². The summed E-state index contributed by atoms with van der Waals surface area (Å²) in [6.07, 6.45) is 4.90. The molecule has 1 aliphatic rings. The molecule has 1 fully saturated rings. The van der Waals surface area contributed by atoms with Gasteiger partial charge in [0.05, 0.1) is 12.2 Å². The highest BCUT2D eigenvalue weighted by Gasteiger charge is 2.50. The van der Waals surface area contributed by atoms with E-state index in [2.05, 4.69) is 12.2 Å². The molecule has 82 valence electrons. The molecule has 0 heterocycles. The average molecular weight is 238 g/mol. The monoisotopic (exact) mass is 238 g/mol. The van der Waals surface area contributed by atoms with Crippen molar-refractivity contribution in [2.24, 2.45) is 11.7 Å². The van der Waals surface area contributed by atoms with Crippen LogP contribution in [0.3, 0.4) is 0 Å². The average Bonchev–Trinajstić information content (AvgIpc) is 2.02. The van der Waals surface area contributed by atoms with Crippen molar-refractivity contribution in [2.75, 3.05) is 0 Å². The van der Waals surface area contributed by atoms with E-state index in [0.29, 0.717) is 0 Å². The largest absolute Gasteiger partial charge is 0.366 e. The Morgan fingerprint density at radius 2 is 1.86 bits per heavy atom. The second-order valence-electron chi connectivity index (χ2n) is 3.86. The smallest absolute Gasteiger partial charge is 0.336 e. The van der Waals surface area contributed by atoms with Gasteiger partial charge in [-0.25, -0.2) is 9.79 Å². The standard InChI is InChI=1S/C8H16NO3PS/c9-8(10)7(13(11,12)14)6-4-2-1-3-5-6/h6-7,11-12,14H,1-5H2,(H-,9,10)/p+1. The van der Waals surface area contributed by atoms with Gasteiger partial charge in [-0.3, -0.25) is 4.79 Å². The van der Waals surface area contributed by atoms with Crippen LogP contribution in [-0.4, -0.2) is 21.4 Å². The maximum absolute atomic E-state index is 11.1. The molecule has 0 aliphatic heterocycles. The minimum Gasteiger partial charge on any atom is -0.366 e. The van der Waals surface area contributed by atoms with Gasteiger partial charge in [0.15, 0.2) is 0 Å². The number of thiol groups is 1. The summed E-state index contributed by atoms with van der Waals surface area (Å²) in [5, 5.41) is 0. The first-order chi connectivity index (χ1) is 6.43. The number of primary amides is 1. The van der Waals surface area contributed by atoms with Gasteiger partial charge >= 0.3 is 6.92 Å². The Labute approximate surface area is 89.5 Å². The van der Waals surface area contributed by atoms with Crippen LogP contribution in [0.4, 0.5) is 0 Å². The molecule has 0 aromatic carbocycles. The summed E-state index contributed by atoms with van der Waals surface area (Å²) < 4.78 is 0. The first-order valence-corrected chi connectivity index (χ1v) is 7.71. The predicted molar refractivity (Wildman–Crippen MR) is 59.9 cm³/mol. The van der Waals surface area contributed by atoms with Crippen LogP contribution in [0, 0.1) is 5.92 Å². The Morgan fingerprint density at radius 3 is 2.21 bits per heavy atom. The maximum Gasteiger partial charge on any atom is 0.336 e. The van der Waals surface area contributed by atoms with E-state index in [1.54, 1.807) is 0 Å². The Kier molecular flexibility index (Phi) is 4.19. The molecule has 1 saturated carbocycles. The van der Waals surface area contributed by atoms with E-state index >= 15 is 0 Å². The van der Waals surface area contributed by atoms with Gasteiger partial charge in [-0.2, -0.15) is 0 Å². The third kappa shape index (κ3) is 3.09. The van der Waals surface area contributed by atoms with Gasteiger partial charge in [0.1, 0.15) is 0 Å². The van der Waals surface area contributed by atoms with Crippen LogP contribution in [-0.2, 0) is 4.79 Å². The van der Waals surface area contributed by atoms with E-state index in [9.17, 15) is 14.6 Å². The zero-order chi connectivity index (χ0) is 10.8. The van der Waals surface area contributed by atoms with Crippen molar-refractivity contribution in [3.05, 3.63) is 0 Å². The van der Waals surface area contributed by atoms with Gasteiger partial charge in [0.2, 0.25) is 5.66 Å². The minimum atomic E-state index is -3.43. The number of hydrogen-bond acceptors (Lipinski definition) is 4. The molecule has 1 aliphatic carbocycles. The van der Waals surface area contributed by atoms with Crippen LogP contribution in [0.5, 0.6) is 0 Å². The third-order valence-corrected chi connectivity index (χ3v) is 4.93. The van der Waals surface area contributed by atoms with E-state index in [1.807, 2.05) is 0 Å². The van der Waals surface area contributed by atoms with Crippen LogP contribution in [0.1, 0.15) is 32.1 Å². The highest BCUT2D eigenvalue weighted by atomic mass is 32.7. The molecule has 1 rings (SSSR count). The molecule has 0 aromatic rings. The van der Waals surface area contributed by atoms with Crippen molar-refractivity contribution in [2.45, 2.75) is 37.8 Å². The van der Waals surface area contributed by atoms with Crippen molar-refractivity contribution >= 4 is 25.1 Å². The third-order valence-electron chi connectivity index (χ3n) is 2.76. The molecule has 0 spiro atoms. The normalized spacial score (nSPS) is 21.9. The summed E-state index contributed by atoms with van der Waals surface area (Å²) in [7, 11) is 0. The lowest BCUT2D eigenvalue weighted by Crippen LogP contribution is -2.37. The predicted octanol–water partition coefficient (Wildman–Crippen LogP) is 1.10.